The van der Waals surface area contributed by atoms with Gasteiger partial charge in [-0.15, -0.1) is 0 Å². The summed E-state index contributed by atoms with van der Waals surface area (Å²) in [5.41, 5.74) is 5.70. The average molecular weight is 255 g/mol. The Morgan fingerprint density at radius 3 is 2.56 bits per heavy atom. The van der Waals surface area contributed by atoms with E-state index in [9.17, 15) is 13.2 Å². The van der Waals surface area contributed by atoms with Crippen molar-refractivity contribution in [2.45, 2.75) is 19.6 Å². The van der Waals surface area contributed by atoms with Crippen LogP contribution in [-0.4, -0.2) is 9.78 Å². The van der Waals surface area contributed by atoms with Crippen molar-refractivity contribution in [3.8, 4) is 0 Å². The Morgan fingerprint density at radius 1 is 1.28 bits per heavy atom. The van der Waals surface area contributed by atoms with Gasteiger partial charge in [0.2, 0.25) is 0 Å². The number of halogens is 3. The second-order valence-corrected chi connectivity index (χ2v) is 4.07. The van der Waals surface area contributed by atoms with E-state index in [-0.39, 0.29) is 17.8 Å². The first-order valence-electron chi connectivity index (χ1n) is 5.32. The second kappa shape index (κ2) is 4.36. The van der Waals surface area contributed by atoms with E-state index in [4.69, 9.17) is 5.73 Å². The van der Waals surface area contributed by atoms with Crippen molar-refractivity contribution in [3.05, 3.63) is 47.3 Å². The highest BCUT2D eigenvalue weighted by Gasteiger charge is 2.33. The van der Waals surface area contributed by atoms with Gasteiger partial charge in [0.25, 0.3) is 0 Å². The number of benzene rings is 1. The van der Waals surface area contributed by atoms with E-state index in [1.54, 1.807) is 19.2 Å². The number of nitrogens with zero attached hydrogens (tertiary/aromatic N) is 2. The van der Waals surface area contributed by atoms with Gasteiger partial charge in [-0.2, -0.15) is 18.3 Å². The SMILES string of the molecule is Cc1ccn(Cc2ccc(N)cc2C(F)(F)F)n1. The van der Waals surface area contributed by atoms with Gasteiger partial charge >= 0.3 is 6.18 Å². The van der Waals surface area contributed by atoms with E-state index in [2.05, 4.69) is 5.10 Å². The highest BCUT2D eigenvalue weighted by Crippen LogP contribution is 2.33. The van der Waals surface area contributed by atoms with Crippen molar-refractivity contribution >= 4 is 5.69 Å². The summed E-state index contributed by atoms with van der Waals surface area (Å²) in [7, 11) is 0. The quantitative estimate of drug-likeness (QED) is 0.838. The third-order valence-electron chi connectivity index (χ3n) is 2.55. The lowest BCUT2D eigenvalue weighted by molar-refractivity contribution is -0.138. The number of nitrogen functional groups attached to an aromatic ring is 1. The molecular weight excluding hydrogens is 243 g/mol. The summed E-state index contributed by atoms with van der Waals surface area (Å²) < 4.78 is 40.0. The van der Waals surface area contributed by atoms with Crippen molar-refractivity contribution < 1.29 is 13.2 Å². The van der Waals surface area contributed by atoms with E-state index in [0.717, 1.165) is 11.8 Å². The van der Waals surface area contributed by atoms with Gasteiger partial charge in [-0.3, -0.25) is 4.68 Å². The standard InChI is InChI=1S/C12H12F3N3/c1-8-4-5-18(17-8)7-9-2-3-10(16)6-11(9)12(13,14)15/h2-6H,7,16H2,1H3. The Labute approximate surface area is 102 Å². The van der Waals surface area contributed by atoms with Crippen molar-refractivity contribution in [2.24, 2.45) is 0 Å². The van der Waals surface area contributed by atoms with Crippen LogP contribution in [-0.2, 0) is 12.7 Å². The zero-order valence-electron chi connectivity index (χ0n) is 9.70. The number of nitrogens with two attached hydrogens (primary N) is 1. The molecule has 6 heteroatoms. The van der Waals surface area contributed by atoms with E-state index in [1.165, 1.54) is 16.8 Å². The Kier molecular flexibility index (Phi) is 3.02. The van der Waals surface area contributed by atoms with Gasteiger partial charge in [0.1, 0.15) is 0 Å². The van der Waals surface area contributed by atoms with Crippen molar-refractivity contribution in [3.63, 3.8) is 0 Å². The molecule has 0 atom stereocenters. The lowest BCUT2D eigenvalue weighted by Crippen LogP contribution is -2.12. The van der Waals surface area contributed by atoms with Gasteiger partial charge in [0, 0.05) is 11.9 Å². The smallest absolute Gasteiger partial charge is 0.399 e. The maximum atomic E-state index is 12.9. The summed E-state index contributed by atoms with van der Waals surface area (Å²) in [5.74, 6) is 0. The molecule has 2 rings (SSSR count). The molecule has 1 heterocycles. The molecule has 0 amide bonds. The van der Waals surface area contributed by atoms with Crippen LogP contribution in [0.1, 0.15) is 16.8 Å². The summed E-state index contributed by atoms with van der Waals surface area (Å²) in [4.78, 5) is 0. The van der Waals surface area contributed by atoms with Crippen LogP contribution >= 0.6 is 0 Å². The predicted molar refractivity (Wildman–Crippen MR) is 61.9 cm³/mol. The molecule has 0 spiro atoms. The fourth-order valence-electron chi connectivity index (χ4n) is 1.72. The van der Waals surface area contributed by atoms with Gasteiger partial charge in [-0.1, -0.05) is 6.07 Å². The second-order valence-electron chi connectivity index (χ2n) is 4.07. The minimum atomic E-state index is -4.41. The maximum Gasteiger partial charge on any atom is 0.416 e. The van der Waals surface area contributed by atoms with Crippen molar-refractivity contribution in [1.29, 1.82) is 0 Å². The number of hydrogen-bond acceptors (Lipinski definition) is 2. The van der Waals surface area contributed by atoms with Gasteiger partial charge < -0.3 is 5.73 Å². The predicted octanol–water partition coefficient (Wildman–Crippen LogP) is 2.84. The van der Waals surface area contributed by atoms with E-state index in [0.29, 0.717) is 0 Å². The summed E-state index contributed by atoms with van der Waals surface area (Å²) in [6.45, 7) is 1.85. The molecule has 2 N–H and O–H groups in total. The Morgan fingerprint density at radius 2 is 2.00 bits per heavy atom. The van der Waals surface area contributed by atoms with Crippen LogP contribution in [0.2, 0.25) is 0 Å². The summed E-state index contributed by atoms with van der Waals surface area (Å²) in [6.07, 6.45) is -2.77. The molecule has 0 aliphatic heterocycles. The molecule has 0 unspecified atom stereocenters. The first-order valence-corrected chi connectivity index (χ1v) is 5.32. The average Bonchev–Trinajstić information content (AvgIpc) is 2.65. The van der Waals surface area contributed by atoms with Crippen LogP contribution in [0, 0.1) is 6.92 Å². The van der Waals surface area contributed by atoms with Crippen LogP contribution < -0.4 is 5.73 Å². The molecular formula is C12H12F3N3. The summed E-state index contributed by atoms with van der Waals surface area (Å²) in [6, 6.07) is 5.53. The molecule has 0 fully saturated rings. The van der Waals surface area contributed by atoms with E-state index in [1.807, 2.05) is 0 Å². The molecule has 2 aromatic rings. The number of anilines is 1. The zero-order valence-corrected chi connectivity index (χ0v) is 9.70. The van der Waals surface area contributed by atoms with Crippen LogP contribution in [0.3, 0.4) is 0 Å². The number of rotatable bonds is 2. The largest absolute Gasteiger partial charge is 0.416 e. The molecule has 1 aromatic carbocycles. The molecule has 18 heavy (non-hydrogen) atoms. The van der Waals surface area contributed by atoms with E-state index >= 15 is 0 Å². The first-order chi connectivity index (χ1) is 8.36. The number of aryl methyl sites for hydroxylation is 1. The monoisotopic (exact) mass is 255 g/mol. The number of hydrogen-bond donors (Lipinski definition) is 1. The fraction of sp³-hybridized carbons (Fsp3) is 0.250. The topological polar surface area (TPSA) is 43.8 Å². The summed E-state index contributed by atoms with van der Waals surface area (Å²) in [5, 5.41) is 4.07. The fourth-order valence-corrected chi connectivity index (χ4v) is 1.72. The molecule has 0 aliphatic carbocycles. The minimum Gasteiger partial charge on any atom is -0.399 e. The van der Waals surface area contributed by atoms with Crippen LogP contribution in [0.5, 0.6) is 0 Å². The third-order valence-corrected chi connectivity index (χ3v) is 2.55. The minimum absolute atomic E-state index is 0.0724. The van der Waals surface area contributed by atoms with Gasteiger partial charge in [-0.05, 0) is 30.7 Å². The highest BCUT2D eigenvalue weighted by molar-refractivity contribution is 5.46. The lowest BCUT2D eigenvalue weighted by Gasteiger charge is -2.13. The lowest BCUT2D eigenvalue weighted by atomic mass is 10.1. The molecule has 0 radical (unpaired) electrons. The van der Waals surface area contributed by atoms with Crippen LogP contribution in [0.25, 0.3) is 0 Å². The number of aromatic nitrogens is 2. The zero-order chi connectivity index (χ0) is 13.3. The Hall–Kier alpha value is -1.98. The molecule has 0 saturated carbocycles. The molecule has 1 aromatic heterocycles. The third kappa shape index (κ3) is 2.64. The van der Waals surface area contributed by atoms with Gasteiger partial charge in [0.15, 0.2) is 0 Å². The molecule has 0 aliphatic rings. The van der Waals surface area contributed by atoms with Crippen molar-refractivity contribution in [1.82, 2.24) is 9.78 Å². The molecule has 0 saturated heterocycles. The van der Waals surface area contributed by atoms with Gasteiger partial charge in [-0.25, -0.2) is 0 Å². The Balaban J connectivity index is 2.38. The normalized spacial score (nSPS) is 11.8. The van der Waals surface area contributed by atoms with Crippen molar-refractivity contribution in [2.75, 3.05) is 5.73 Å². The Bertz CT molecular complexity index is 558. The van der Waals surface area contributed by atoms with Crippen LogP contribution in [0.15, 0.2) is 30.5 Å². The molecule has 0 bridgehead atoms. The highest BCUT2D eigenvalue weighted by atomic mass is 19.4. The van der Waals surface area contributed by atoms with E-state index < -0.39 is 11.7 Å². The van der Waals surface area contributed by atoms with Crippen LogP contribution in [0.4, 0.5) is 18.9 Å². The summed E-state index contributed by atoms with van der Waals surface area (Å²) >= 11 is 0. The molecule has 96 valence electrons. The molecule has 3 nitrogen and oxygen atoms in total. The van der Waals surface area contributed by atoms with Gasteiger partial charge in [0.05, 0.1) is 17.8 Å². The number of alkyl halides is 3. The first kappa shape index (κ1) is 12.5. The maximum absolute atomic E-state index is 12.9.